The Morgan fingerprint density at radius 3 is 2.35 bits per heavy atom. The Hall–Kier alpha value is -0.680. The van der Waals surface area contributed by atoms with Gasteiger partial charge in [0.15, 0.2) is 6.29 Å². The van der Waals surface area contributed by atoms with Gasteiger partial charge in [0.2, 0.25) is 0 Å². The Morgan fingerprint density at radius 1 is 1.05 bits per heavy atom. The average Bonchev–Trinajstić information content (AvgIpc) is 2.53. The molecule has 1 aliphatic rings. The first kappa shape index (κ1) is 15.7. The Bertz CT molecular complexity index is 446. The van der Waals surface area contributed by atoms with E-state index in [4.69, 9.17) is 9.47 Å². The predicted molar refractivity (Wildman–Crippen MR) is 89.4 cm³/mol. The third-order valence-corrected chi connectivity index (χ3v) is 4.69. The zero-order valence-corrected chi connectivity index (χ0v) is 13.5. The minimum Gasteiger partial charge on any atom is -0.348 e. The van der Waals surface area contributed by atoms with Crippen molar-refractivity contribution in [3.8, 4) is 0 Å². The van der Waals surface area contributed by atoms with Crippen LogP contribution < -0.4 is 0 Å². The van der Waals surface area contributed by atoms with E-state index >= 15 is 0 Å². The van der Waals surface area contributed by atoms with E-state index in [1.165, 1.54) is 10.5 Å². The largest absolute Gasteiger partial charge is 0.348 e. The maximum atomic E-state index is 5.60. The molecule has 2 nitrogen and oxygen atoms in total. The lowest BCUT2D eigenvalue weighted by Gasteiger charge is -2.26. The van der Waals surface area contributed by atoms with Crippen molar-refractivity contribution in [2.24, 2.45) is 0 Å². The van der Waals surface area contributed by atoms with Gasteiger partial charge < -0.3 is 9.47 Å². The van der Waals surface area contributed by atoms with Gasteiger partial charge in [0, 0.05) is 4.90 Å². The maximum Gasteiger partial charge on any atom is 0.177 e. The molecule has 0 aliphatic carbocycles. The first-order valence-corrected chi connectivity index (χ1v) is 9.08. The van der Waals surface area contributed by atoms with Crippen LogP contribution in [0.5, 0.6) is 0 Å². The van der Waals surface area contributed by atoms with Crippen molar-refractivity contribution in [3.05, 3.63) is 48.1 Å². The molecular formula is C16H20O2S2. The minimum atomic E-state index is -0.207. The molecule has 0 amide bonds. The van der Waals surface area contributed by atoms with Gasteiger partial charge in [-0.25, -0.2) is 0 Å². The maximum absolute atomic E-state index is 5.60. The van der Waals surface area contributed by atoms with Gasteiger partial charge in [-0.3, -0.25) is 0 Å². The first-order valence-electron chi connectivity index (χ1n) is 6.56. The zero-order chi connectivity index (χ0) is 14.2. The van der Waals surface area contributed by atoms with Gasteiger partial charge in [-0.05, 0) is 36.3 Å². The molecule has 0 unspecified atom stereocenters. The Kier molecular flexibility index (Phi) is 6.73. The molecule has 1 saturated heterocycles. The second-order valence-corrected chi connectivity index (χ2v) is 6.43. The Balaban J connectivity index is 1.79. The standard InChI is InChI=1S/C16H20O2S2/c1-19-14-9-7-13(8-10-14)5-3-4-6-16-17-11-15(20-2)12-18-16/h3-10,15-16H,11-12H2,1-2H3. The third-order valence-electron chi connectivity index (χ3n) is 3.01. The molecule has 0 aromatic heterocycles. The number of benzene rings is 1. The fourth-order valence-electron chi connectivity index (χ4n) is 1.78. The number of rotatable bonds is 5. The van der Waals surface area contributed by atoms with Crippen molar-refractivity contribution in [1.29, 1.82) is 0 Å². The fraction of sp³-hybridized carbons (Fsp3) is 0.375. The summed E-state index contributed by atoms with van der Waals surface area (Å²) < 4.78 is 11.2. The molecule has 1 aromatic rings. The quantitative estimate of drug-likeness (QED) is 0.602. The summed E-state index contributed by atoms with van der Waals surface area (Å²) in [6, 6.07) is 8.49. The number of thioether (sulfide) groups is 2. The summed E-state index contributed by atoms with van der Waals surface area (Å²) in [6.45, 7) is 1.52. The average molecular weight is 308 g/mol. The predicted octanol–water partition coefficient (Wildman–Crippen LogP) is 4.08. The molecule has 108 valence electrons. The van der Waals surface area contributed by atoms with Crippen LogP contribution >= 0.6 is 23.5 Å². The molecule has 0 saturated carbocycles. The summed E-state index contributed by atoms with van der Waals surface area (Å²) in [4.78, 5) is 1.28. The molecule has 2 rings (SSSR count). The lowest BCUT2D eigenvalue weighted by atomic mass is 10.2. The van der Waals surface area contributed by atoms with Crippen LogP contribution in [0.25, 0.3) is 6.08 Å². The summed E-state index contributed by atoms with van der Waals surface area (Å²) in [5.41, 5.74) is 1.19. The summed E-state index contributed by atoms with van der Waals surface area (Å²) in [5, 5.41) is 0.463. The van der Waals surface area contributed by atoms with E-state index in [9.17, 15) is 0 Å². The molecule has 1 heterocycles. The van der Waals surface area contributed by atoms with E-state index in [0.29, 0.717) is 5.25 Å². The highest BCUT2D eigenvalue weighted by Crippen LogP contribution is 2.17. The molecule has 1 aliphatic heterocycles. The molecule has 0 bridgehead atoms. The van der Waals surface area contributed by atoms with Crippen LogP contribution in [0.1, 0.15) is 5.56 Å². The number of ether oxygens (including phenoxy) is 2. The van der Waals surface area contributed by atoms with Crippen LogP contribution in [-0.2, 0) is 9.47 Å². The van der Waals surface area contributed by atoms with Gasteiger partial charge in [0.05, 0.1) is 18.5 Å². The molecule has 4 heteroatoms. The topological polar surface area (TPSA) is 18.5 Å². The summed E-state index contributed by atoms with van der Waals surface area (Å²) in [6.07, 6.45) is 12.0. The van der Waals surface area contributed by atoms with Gasteiger partial charge in [0.1, 0.15) is 0 Å². The van der Waals surface area contributed by atoms with Crippen LogP contribution in [0.15, 0.2) is 47.4 Å². The fourth-order valence-corrected chi connectivity index (χ4v) is 2.62. The Labute approximate surface area is 129 Å². The summed E-state index contributed by atoms with van der Waals surface area (Å²) in [5.74, 6) is 0. The van der Waals surface area contributed by atoms with Crippen molar-refractivity contribution in [3.63, 3.8) is 0 Å². The van der Waals surface area contributed by atoms with Gasteiger partial charge in [-0.1, -0.05) is 30.4 Å². The highest BCUT2D eigenvalue weighted by atomic mass is 32.2. The van der Waals surface area contributed by atoms with E-state index in [1.54, 1.807) is 23.5 Å². The van der Waals surface area contributed by atoms with Gasteiger partial charge in [-0.15, -0.1) is 11.8 Å². The van der Waals surface area contributed by atoms with Gasteiger partial charge >= 0.3 is 0 Å². The SMILES string of the molecule is CSc1ccc(C=CC=CC2OCC(SC)CO2)cc1. The smallest absolute Gasteiger partial charge is 0.177 e. The molecule has 1 aromatic carbocycles. The van der Waals surface area contributed by atoms with Crippen LogP contribution in [0.3, 0.4) is 0 Å². The van der Waals surface area contributed by atoms with Crippen LogP contribution in [0, 0.1) is 0 Å². The second-order valence-electron chi connectivity index (χ2n) is 4.41. The minimum absolute atomic E-state index is 0.207. The van der Waals surface area contributed by atoms with Crippen LogP contribution in [0.4, 0.5) is 0 Å². The Morgan fingerprint density at radius 2 is 1.75 bits per heavy atom. The van der Waals surface area contributed by atoms with Crippen LogP contribution in [-0.4, -0.2) is 37.3 Å². The normalized spacial score (nSPS) is 23.7. The van der Waals surface area contributed by atoms with E-state index in [0.717, 1.165) is 13.2 Å². The molecule has 0 radical (unpaired) electrons. The molecule has 20 heavy (non-hydrogen) atoms. The monoisotopic (exact) mass is 308 g/mol. The van der Waals surface area contributed by atoms with Crippen molar-refractivity contribution in [2.75, 3.05) is 25.7 Å². The van der Waals surface area contributed by atoms with E-state index in [2.05, 4.69) is 42.9 Å². The molecule has 0 N–H and O–H groups in total. The number of hydrogen-bond donors (Lipinski definition) is 0. The molecular weight excluding hydrogens is 288 g/mol. The molecule has 1 fully saturated rings. The van der Waals surface area contributed by atoms with Crippen molar-refractivity contribution >= 4 is 29.6 Å². The third kappa shape index (κ3) is 5.02. The lowest BCUT2D eigenvalue weighted by Crippen LogP contribution is -2.32. The van der Waals surface area contributed by atoms with Crippen molar-refractivity contribution in [1.82, 2.24) is 0 Å². The summed E-state index contributed by atoms with van der Waals surface area (Å²) >= 11 is 3.54. The number of allylic oxidation sites excluding steroid dienone is 2. The van der Waals surface area contributed by atoms with Crippen molar-refractivity contribution < 1.29 is 9.47 Å². The van der Waals surface area contributed by atoms with E-state index in [1.807, 2.05) is 18.2 Å². The lowest BCUT2D eigenvalue weighted by molar-refractivity contribution is -0.146. The molecule has 0 atom stereocenters. The second kappa shape index (κ2) is 8.57. The zero-order valence-electron chi connectivity index (χ0n) is 11.8. The van der Waals surface area contributed by atoms with E-state index in [-0.39, 0.29) is 6.29 Å². The highest BCUT2D eigenvalue weighted by molar-refractivity contribution is 7.99. The highest BCUT2D eigenvalue weighted by Gasteiger charge is 2.18. The first-order chi connectivity index (χ1) is 9.81. The van der Waals surface area contributed by atoms with Gasteiger partial charge in [-0.2, -0.15) is 11.8 Å². The van der Waals surface area contributed by atoms with Gasteiger partial charge in [0.25, 0.3) is 0 Å². The van der Waals surface area contributed by atoms with E-state index < -0.39 is 0 Å². The summed E-state index contributed by atoms with van der Waals surface area (Å²) in [7, 11) is 0. The van der Waals surface area contributed by atoms with Crippen molar-refractivity contribution in [2.45, 2.75) is 16.4 Å². The number of hydrogen-bond acceptors (Lipinski definition) is 4. The van der Waals surface area contributed by atoms with Crippen LogP contribution in [0.2, 0.25) is 0 Å². The molecule has 0 spiro atoms.